The summed E-state index contributed by atoms with van der Waals surface area (Å²) >= 11 is 0. The molecule has 0 bridgehead atoms. The number of ether oxygens (including phenoxy) is 2. The Bertz CT molecular complexity index is 980. The molecule has 2 aromatic carbocycles. The maximum Gasteiger partial charge on any atom is 0.294 e. The fraction of sp³-hybridized carbons (Fsp3) is 0.320. The lowest BCUT2D eigenvalue weighted by Crippen LogP contribution is -2.47. The van der Waals surface area contributed by atoms with E-state index in [1.165, 1.54) is 0 Å². The van der Waals surface area contributed by atoms with E-state index in [1.807, 2.05) is 47.4 Å². The average molecular weight is 421 g/mol. The summed E-state index contributed by atoms with van der Waals surface area (Å²) in [6.07, 6.45) is 3.31. The van der Waals surface area contributed by atoms with Crippen LogP contribution in [-0.2, 0) is 6.54 Å². The molecule has 0 saturated carbocycles. The third kappa shape index (κ3) is 4.59. The number of amides is 1. The minimum absolute atomic E-state index is 0.0934. The number of hydrogen-bond acceptors (Lipinski definition) is 5. The van der Waals surface area contributed by atoms with Gasteiger partial charge >= 0.3 is 0 Å². The molecule has 0 radical (unpaired) electrons. The van der Waals surface area contributed by atoms with Crippen LogP contribution >= 0.6 is 0 Å². The fourth-order valence-electron chi connectivity index (χ4n) is 4.26. The van der Waals surface area contributed by atoms with Crippen LogP contribution in [0.15, 0.2) is 71.3 Å². The zero-order valence-corrected chi connectivity index (χ0v) is 18.0. The minimum atomic E-state index is -0.0934. The number of rotatable bonds is 7. The summed E-state index contributed by atoms with van der Waals surface area (Å²) in [5.41, 5.74) is 2.00. The summed E-state index contributed by atoms with van der Waals surface area (Å²) in [6.45, 7) is 2.56. The van der Waals surface area contributed by atoms with Gasteiger partial charge in [0.15, 0.2) is 17.3 Å². The van der Waals surface area contributed by atoms with Crippen molar-refractivity contribution >= 4 is 11.6 Å². The smallest absolute Gasteiger partial charge is 0.294 e. The number of nitrogens with zero attached hydrogens (tertiary/aromatic N) is 2. The van der Waals surface area contributed by atoms with Gasteiger partial charge < -0.3 is 18.8 Å². The van der Waals surface area contributed by atoms with Gasteiger partial charge in [-0.1, -0.05) is 30.3 Å². The van der Waals surface area contributed by atoms with Crippen molar-refractivity contribution in [3.05, 3.63) is 78.3 Å². The SMILES string of the molecule is COc1cccc(CN2CCC(N(C(=O)c3ccco3)c3ccccc3)CC2)c1OC. The van der Waals surface area contributed by atoms with Crippen molar-refractivity contribution in [1.82, 2.24) is 4.90 Å². The molecular formula is C25H28N2O4. The molecule has 1 saturated heterocycles. The van der Waals surface area contributed by atoms with Crippen molar-refractivity contribution in [1.29, 1.82) is 0 Å². The van der Waals surface area contributed by atoms with E-state index in [1.54, 1.807) is 32.6 Å². The predicted molar refractivity (Wildman–Crippen MR) is 120 cm³/mol. The molecule has 0 unspecified atom stereocenters. The van der Waals surface area contributed by atoms with Gasteiger partial charge in [-0.2, -0.15) is 0 Å². The van der Waals surface area contributed by atoms with Crippen molar-refractivity contribution in [2.24, 2.45) is 0 Å². The molecule has 0 spiro atoms. The number of piperidine rings is 1. The molecule has 2 heterocycles. The highest BCUT2D eigenvalue weighted by Crippen LogP contribution is 2.33. The van der Waals surface area contributed by atoms with Gasteiger partial charge in [0, 0.05) is 36.9 Å². The van der Waals surface area contributed by atoms with Crippen LogP contribution in [0.3, 0.4) is 0 Å². The van der Waals surface area contributed by atoms with Crippen LogP contribution < -0.4 is 14.4 Å². The molecule has 1 aliphatic heterocycles. The lowest BCUT2D eigenvalue weighted by Gasteiger charge is -2.38. The van der Waals surface area contributed by atoms with E-state index in [2.05, 4.69) is 11.0 Å². The molecule has 1 amide bonds. The van der Waals surface area contributed by atoms with Gasteiger partial charge in [-0.3, -0.25) is 9.69 Å². The Hall–Kier alpha value is -3.25. The normalized spacial score (nSPS) is 14.9. The Morgan fingerprint density at radius 1 is 1.00 bits per heavy atom. The molecule has 0 atom stereocenters. The number of carbonyl (C=O) groups is 1. The number of para-hydroxylation sites is 2. The van der Waals surface area contributed by atoms with Crippen LogP contribution in [0.2, 0.25) is 0 Å². The highest BCUT2D eigenvalue weighted by atomic mass is 16.5. The molecule has 1 aromatic heterocycles. The largest absolute Gasteiger partial charge is 0.493 e. The first-order chi connectivity index (χ1) is 15.2. The highest BCUT2D eigenvalue weighted by Gasteiger charge is 2.31. The van der Waals surface area contributed by atoms with E-state index in [0.717, 1.165) is 55.2 Å². The predicted octanol–water partition coefficient (Wildman–Crippen LogP) is 4.61. The third-order valence-electron chi connectivity index (χ3n) is 5.79. The maximum atomic E-state index is 13.2. The van der Waals surface area contributed by atoms with Crippen LogP contribution in [0.5, 0.6) is 11.5 Å². The maximum absolute atomic E-state index is 13.2. The monoisotopic (exact) mass is 420 g/mol. The van der Waals surface area contributed by atoms with Crippen molar-refractivity contribution in [2.45, 2.75) is 25.4 Å². The van der Waals surface area contributed by atoms with E-state index in [-0.39, 0.29) is 11.9 Å². The minimum Gasteiger partial charge on any atom is -0.493 e. The van der Waals surface area contributed by atoms with E-state index in [4.69, 9.17) is 13.9 Å². The Morgan fingerprint density at radius 2 is 1.77 bits per heavy atom. The molecule has 0 N–H and O–H groups in total. The molecule has 162 valence electrons. The van der Waals surface area contributed by atoms with E-state index < -0.39 is 0 Å². The molecule has 6 nitrogen and oxygen atoms in total. The van der Waals surface area contributed by atoms with Gasteiger partial charge in [-0.15, -0.1) is 0 Å². The summed E-state index contributed by atoms with van der Waals surface area (Å²) in [6, 6.07) is 19.4. The summed E-state index contributed by atoms with van der Waals surface area (Å²) in [7, 11) is 3.33. The second kappa shape index (κ2) is 9.71. The van der Waals surface area contributed by atoms with Gasteiger partial charge in [0.25, 0.3) is 5.91 Å². The Kier molecular flexibility index (Phi) is 6.57. The second-order valence-corrected chi connectivity index (χ2v) is 7.65. The first kappa shape index (κ1) is 21.0. The number of carbonyl (C=O) groups excluding carboxylic acids is 1. The van der Waals surface area contributed by atoms with Gasteiger partial charge in [-0.05, 0) is 43.2 Å². The molecule has 1 fully saturated rings. The van der Waals surface area contributed by atoms with Crippen molar-refractivity contribution in [2.75, 3.05) is 32.2 Å². The number of methoxy groups -OCH3 is 2. The molecule has 1 aliphatic rings. The molecule has 4 rings (SSSR count). The summed E-state index contributed by atoms with van der Waals surface area (Å²) in [4.78, 5) is 17.5. The van der Waals surface area contributed by atoms with Crippen molar-refractivity contribution in [3.63, 3.8) is 0 Å². The highest BCUT2D eigenvalue weighted by molar-refractivity contribution is 6.04. The average Bonchev–Trinajstić information content (AvgIpc) is 3.36. The first-order valence-corrected chi connectivity index (χ1v) is 10.6. The number of hydrogen-bond donors (Lipinski definition) is 0. The zero-order valence-electron chi connectivity index (χ0n) is 18.0. The molecule has 3 aromatic rings. The number of likely N-dealkylation sites (tertiary alicyclic amines) is 1. The van der Waals surface area contributed by atoms with Crippen molar-refractivity contribution < 1.29 is 18.7 Å². The Balaban J connectivity index is 1.48. The molecule has 31 heavy (non-hydrogen) atoms. The fourth-order valence-corrected chi connectivity index (χ4v) is 4.26. The molecule has 6 heteroatoms. The summed E-state index contributed by atoms with van der Waals surface area (Å²) in [5, 5.41) is 0. The number of benzene rings is 2. The van der Waals surface area contributed by atoms with Crippen LogP contribution in [0.4, 0.5) is 5.69 Å². The standard InChI is InChI=1S/C25H28N2O4/c1-29-22-11-6-8-19(24(22)30-2)18-26-15-13-21(14-16-26)27(20-9-4-3-5-10-20)25(28)23-12-7-17-31-23/h3-12,17,21H,13-16,18H2,1-2H3. The summed E-state index contributed by atoms with van der Waals surface area (Å²) < 4.78 is 16.4. The van der Waals surface area contributed by atoms with Gasteiger partial charge in [-0.25, -0.2) is 0 Å². The Morgan fingerprint density at radius 3 is 2.42 bits per heavy atom. The van der Waals surface area contributed by atoms with Gasteiger partial charge in [0.2, 0.25) is 0 Å². The number of furan rings is 1. The first-order valence-electron chi connectivity index (χ1n) is 10.6. The third-order valence-corrected chi connectivity index (χ3v) is 5.79. The van der Waals surface area contributed by atoms with Crippen LogP contribution in [0.25, 0.3) is 0 Å². The summed E-state index contributed by atoms with van der Waals surface area (Å²) in [5.74, 6) is 1.80. The number of anilines is 1. The lowest BCUT2D eigenvalue weighted by atomic mass is 10.0. The second-order valence-electron chi connectivity index (χ2n) is 7.65. The van der Waals surface area contributed by atoms with E-state index >= 15 is 0 Å². The molecular weight excluding hydrogens is 392 g/mol. The van der Waals surface area contributed by atoms with Crippen LogP contribution in [-0.4, -0.2) is 44.2 Å². The lowest BCUT2D eigenvalue weighted by molar-refractivity contribution is 0.0931. The van der Waals surface area contributed by atoms with Crippen LogP contribution in [0.1, 0.15) is 29.0 Å². The van der Waals surface area contributed by atoms with Gasteiger partial charge in [0.05, 0.1) is 20.5 Å². The quantitative estimate of drug-likeness (QED) is 0.559. The van der Waals surface area contributed by atoms with Gasteiger partial charge in [0.1, 0.15) is 0 Å². The van der Waals surface area contributed by atoms with E-state index in [9.17, 15) is 4.79 Å². The molecule has 0 aliphatic carbocycles. The Labute approximate surface area is 183 Å². The zero-order chi connectivity index (χ0) is 21.6. The van der Waals surface area contributed by atoms with E-state index in [0.29, 0.717) is 5.76 Å². The van der Waals surface area contributed by atoms with Crippen LogP contribution in [0, 0.1) is 0 Å². The topological polar surface area (TPSA) is 55.2 Å². The van der Waals surface area contributed by atoms with Crippen molar-refractivity contribution in [3.8, 4) is 11.5 Å².